The van der Waals surface area contributed by atoms with Gasteiger partial charge in [-0.3, -0.25) is 0 Å². The number of nitrogens with one attached hydrogen (secondary N) is 1. The van der Waals surface area contributed by atoms with Crippen molar-refractivity contribution >= 4 is 0 Å². The molecule has 0 aliphatic heterocycles. The topological polar surface area (TPSA) is 47.3 Å². The molecule has 1 aliphatic rings. The fraction of sp³-hybridized carbons (Fsp3) is 1.00. The molecule has 15 heavy (non-hydrogen) atoms. The van der Waals surface area contributed by atoms with Gasteiger partial charge in [0.25, 0.3) is 0 Å². The van der Waals surface area contributed by atoms with Gasteiger partial charge in [0.1, 0.15) is 0 Å². The van der Waals surface area contributed by atoms with Crippen LogP contribution in [-0.4, -0.2) is 31.3 Å². The van der Waals surface area contributed by atoms with E-state index in [1.54, 1.807) is 0 Å². The molecule has 0 aromatic rings. The first-order valence-electron chi connectivity index (χ1n) is 6.09. The van der Waals surface area contributed by atoms with Crippen molar-refractivity contribution in [1.82, 2.24) is 5.32 Å². The number of ether oxygens (including phenoxy) is 1. The van der Waals surface area contributed by atoms with Crippen molar-refractivity contribution in [1.29, 1.82) is 0 Å². The SMILES string of the molecule is CCCNCC1(N)CC(OCC)C1(C)C. The molecule has 0 heterocycles. The fourth-order valence-electron chi connectivity index (χ4n) is 2.30. The van der Waals surface area contributed by atoms with Crippen LogP contribution in [0.3, 0.4) is 0 Å². The summed E-state index contributed by atoms with van der Waals surface area (Å²) in [5.41, 5.74) is 6.39. The van der Waals surface area contributed by atoms with Gasteiger partial charge in [0.05, 0.1) is 6.10 Å². The molecule has 0 aromatic heterocycles. The predicted molar refractivity (Wildman–Crippen MR) is 63.9 cm³/mol. The van der Waals surface area contributed by atoms with E-state index in [2.05, 4.69) is 26.1 Å². The summed E-state index contributed by atoms with van der Waals surface area (Å²) in [6.07, 6.45) is 2.46. The van der Waals surface area contributed by atoms with Gasteiger partial charge in [-0.1, -0.05) is 20.8 Å². The van der Waals surface area contributed by atoms with Gasteiger partial charge in [-0.25, -0.2) is 0 Å². The molecular weight excluding hydrogens is 188 g/mol. The van der Waals surface area contributed by atoms with Gasteiger partial charge in [-0.15, -0.1) is 0 Å². The highest BCUT2D eigenvalue weighted by molar-refractivity contribution is 5.14. The molecule has 3 N–H and O–H groups in total. The van der Waals surface area contributed by atoms with Crippen LogP contribution in [0.15, 0.2) is 0 Å². The summed E-state index contributed by atoms with van der Waals surface area (Å²) < 4.78 is 5.69. The standard InChI is InChI=1S/C12H26N2O/c1-5-7-14-9-12(13)8-10(15-6-2)11(12,3)4/h10,14H,5-9,13H2,1-4H3. The molecule has 1 saturated carbocycles. The number of hydrogen-bond donors (Lipinski definition) is 2. The summed E-state index contributed by atoms with van der Waals surface area (Å²) in [5, 5.41) is 3.42. The minimum absolute atomic E-state index is 0.0871. The normalized spacial score (nSPS) is 33.8. The third-order valence-electron chi connectivity index (χ3n) is 3.87. The van der Waals surface area contributed by atoms with Crippen LogP contribution in [0.2, 0.25) is 0 Å². The quantitative estimate of drug-likeness (QED) is 0.659. The van der Waals surface area contributed by atoms with Gasteiger partial charge in [0.15, 0.2) is 0 Å². The summed E-state index contributed by atoms with van der Waals surface area (Å²) in [7, 11) is 0. The molecule has 0 saturated heterocycles. The van der Waals surface area contributed by atoms with E-state index in [0.29, 0.717) is 6.10 Å². The predicted octanol–water partition coefficient (Wildman–Crippen LogP) is 1.52. The van der Waals surface area contributed by atoms with Crippen molar-refractivity contribution in [3.05, 3.63) is 0 Å². The van der Waals surface area contributed by atoms with E-state index in [1.807, 2.05) is 6.92 Å². The average molecular weight is 214 g/mol. The van der Waals surface area contributed by atoms with Crippen molar-refractivity contribution < 1.29 is 4.74 Å². The second-order valence-corrected chi connectivity index (χ2v) is 5.20. The molecule has 3 nitrogen and oxygen atoms in total. The Morgan fingerprint density at radius 3 is 2.53 bits per heavy atom. The maximum absolute atomic E-state index is 6.40. The molecule has 2 unspecified atom stereocenters. The molecular formula is C12H26N2O. The van der Waals surface area contributed by atoms with Gasteiger partial charge in [0, 0.05) is 24.1 Å². The lowest BCUT2D eigenvalue weighted by atomic mass is 9.54. The van der Waals surface area contributed by atoms with Crippen molar-refractivity contribution in [3.8, 4) is 0 Å². The molecule has 90 valence electrons. The maximum Gasteiger partial charge on any atom is 0.0662 e. The van der Waals surface area contributed by atoms with Crippen molar-refractivity contribution in [2.75, 3.05) is 19.7 Å². The number of rotatable bonds is 6. The molecule has 0 amide bonds. The molecule has 1 fully saturated rings. The molecule has 2 atom stereocenters. The Bertz CT molecular complexity index is 202. The Morgan fingerprint density at radius 2 is 2.07 bits per heavy atom. The molecule has 0 aromatic carbocycles. The first kappa shape index (κ1) is 12.9. The third kappa shape index (κ3) is 2.35. The largest absolute Gasteiger partial charge is 0.378 e. The van der Waals surface area contributed by atoms with Crippen LogP contribution in [0, 0.1) is 5.41 Å². The second-order valence-electron chi connectivity index (χ2n) is 5.20. The van der Waals surface area contributed by atoms with E-state index in [4.69, 9.17) is 10.5 Å². The monoisotopic (exact) mass is 214 g/mol. The van der Waals surface area contributed by atoms with E-state index >= 15 is 0 Å². The molecule has 0 bridgehead atoms. The van der Waals surface area contributed by atoms with E-state index < -0.39 is 0 Å². The Labute approximate surface area is 93.8 Å². The summed E-state index contributed by atoms with van der Waals surface area (Å²) >= 11 is 0. The first-order chi connectivity index (χ1) is 6.98. The molecule has 1 aliphatic carbocycles. The zero-order valence-electron chi connectivity index (χ0n) is 10.6. The third-order valence-corrected chi connectivity index (χ3v) is 3.87. The van der Waals surface area contributed by atoms with Gasteiger partial charge in [0.2, 0.25) is 0 Å². The van der Waals surface area contributed by atoms with Gasteiger partial charge in [-0.05, 0) is 26.3 Å². The minimum Gasteiger partial charge on any atom is -0.378 e. The van der Waals surface area contributed by atoms with Crippen LogP contribution in [0.5, 0.6) is 0 Å². The highest BCUT2D eigenvalue weighted by atomic mass is 16.5. The maximum atomic E-state index is 6.40. The summed E-state index contributed by atoms with van der Waals surface area (Å²) in [6, 6.07) is 0. The lowest BCUT2D eigenvalue weighted by Gasteiger charge is -2.59. The first-order valence-corrected chi connectivity index (χ1v) is 6.09. The molecule has 3 heteroatoms. The smallest absolute Gasteiger partial charge is 0.0662 e. The van der Waals surface area contributed by atoms with E-state index in [1.165, 1.54) is 0 Å². The highest BCUT2D eigenvalue weighted by Gasteiger charge is 2.57. The van der Waals surface area contributed by atoms with E-state index in [0.717, 1.165) is 32.5 Å². The lowest BCUT2D eigenvalue weighted by molar-refractivity contribution is -0.148. The van der Waals surface area contributed by atoms with Crippen LogP contribution in [0.4, 0.5) is 0 Å². The Kier molecular flexibility index (Phi) is 4.15. The second kappa shape index (κ2) is 4.81. The van der Waals surface area contributed by atoms with Crippen LogP contribution in [-0.2, 0) is 4.74 Å². The summed E-state index contributed by atoms with van der Waals surface area (Å²) in [4.78, 5) is 0. The Morgan fingerprint density at radius 1 is 1.40 bits per heavy atom. The van der Waals surface area contributed by atoms with Gasteiger partial charge < -0.3 is 15.8 Å². The Balaban J connectivity index is 2.43. The molecule has 0 spiro atoms. The highest BCUT2D eigenvalue weighted by Crippen LogP contribution is 2.49. The van der Waals surface area contributed by atoms with Crippen LogP contribution < -0.4 is 11.1 Å². The van der Waals surface area contributed by atoms with Crippen LogP contribution >= 0.6 is 0 Å². The van der Waals surface area contributed by atoms with Crippen LogP contribution in [0.25, 0.3) is 0 Å². The van der Waals surface area contributed by atoms with Crippen LogP contribution in [0.1, 0.15) is 40.5 Å². The van der Waals surface area contributed by atoms with Crippen molar-refractivity contribution in [2.24, 2.45) is 11.1 Å². The van der Waals surface area contributed by atoms with E-state index in [9.17, 15) is 0 Å². The Hall–Kier alpha value is -0.120. The molecule has 1 rings (SSSR count). The average Bonchev–Trinajstić information content (AvgIpc) is 2.18. The summed E-state index contributed by atoms with van der Waals surface area (Å²) in [6.45, 7) is 11.4. The van der Waals surface area contributed by atoms with E-state index in [-0.39, 0.29) is 11.0 Å². The molecule has 0 radical (unpaired) electrons. The van der Waals surface area contributed by atoms with Crippen molar-refractivity contribution in [2.45, 2.75) is 52.2 Å². The minimum atomic E-state index is -0.0952. The number of nitrogens with two attached hydrogens (primary N) is 1. The zero-order chi connectivity index (χ0) is 11.5. The fourth-order valence-corrected chi connectivity index (χ4v) is 2.30. The van der Waals surface area contributed by atoms with Gasteiger partial charge in [-0.2, -0.15) is 0 Å². The lowest BCUT2D eigenvalue weighted by Crippen LogP contribution is -2.73. The van der Waals surface area contributed by atoms with Gasteiger partial charge >= 0.3 is 0 Å². The van der Waals surface area contributed by atoms with Crippen molar-refractivity contribution in [3.63, 3.8) is 0 Å². The zero-order valence-corrected chi connectivity index (χ0v) is 10.6. The number of hydrogen-bond acceptors (Lipinski definition) is 3. The summed E-state index contributed by atoms with van der Waals surface area (Å²) in [5.74, 6) is 0.